The van der Waals surface area contributed by atoms with Crippen LogP contribution in [0.2, 0.25) is 0 Å². The van der Waals surface area contributed by atoms with Gasteiger partial charge in [-0.05, 0) is 31.5 Å². The number of rotatable bonds is 6. The van der Waals surface area contributed by atoms with Crippen LogP contribution in [0.4, 0.5) is 0 Å². The number of carbonyl (C=O) groups excluding carboxylic acids is 1. The zero-order valence-electron chi connectivity index (χ0n) is 9.95. The molecule has 0 fully saturated rings. The quantitative estimate of drug-likeness (QED) is 0.799. The van der Waals surface area contributed by atoms with E-state index in [9.17, 15) is 4.79 Å². The Morgan fingerprint density at radius 3 is 2.81 bits per heavy atom. The van der Waals surface area contributed by atoms with Crippen LogP contribution >= 0.6 is 11.3 Å². The fraction of sp³-hybridized carbons (Fsp3) is 0.583. The van der Waals surface area contributed by atoms with Gasteiger partial charge in [0.2, 0.25) is 5.91 Å². The molecule has 0 saturated carbocycles. The Bertz CT molecular complexity index is 332. The zero-order valence-corrected chi connectivity index (χ0v) is 10.8. The average Bonchev–Trinajstić information content (AvgIpc) is 2.69. The first-order chi connectivity index (χ1) is 7.65. The predicted molar refractivity (Wildman–Crippen MR) is 68.4 cm³/mol. The van der Waals surface area contributed by atoms with E-state index in [4.69, 9.17) is 5.73 Å². The summed E-state index contributed by atoms with van der Waals surface area (Å²) in [6, 6.07) is 4.13. The zero-order chi connectivity index (χ0) is 12.0. The lowest BCUT2D eigenvalue weighted by Crippen LogP contribution is -2.27. The van der Waals surface area contributed by atoms with E-state index in [1.165, 1.54) is 9.75 Å². The van der Waals surface area contributed by atoms with Gasteiger partial charge in [0.25, 0.3) is 0 Å². The van der Waals surface area contributed by atoms with Gasteiger partial charge in [-0.3, -0.25) is 4.79 Å². The van der Waals surface area contributed by atoms with Gasteiger partial charge >= 0.3 is 0 Å². The first kappa shape index (κ1) is 13.2. The minimum absolute atomic E-state index is 0.100. The number of nitrogens with two attached hydrogens (primary N) is 1. The maximum atomic E-state index is 11.6. The second kappa shape index (κ2) is 6.66. The van der Waals surface area contributed by atoms with Crippen LogP contribution in [0, 0.1) is 12.8 Å². The minimum Gasteiger partial charge on any atom is -0.351 e. The van der Waals surface area contributed by atoms with Crippen molar-refractivity contribution in [2.75, 3.05) is 6.54 Å². The van der Waals surface area contributed by atoms with E-state index in [0.29, 0.717) is 25.4 Å². The van der Waals surface area contributed by atoms with Crippen molar-refractivity contribution in [2.24, 2.45) is 11.7 Å². The summed E-state index contributed by atoms with van der Waals surface area (Å²) in [5.41, 5.74) is 5.56. The van der Waals surface area contributed by atoms with Crippen molar-refractivity contribution in [3.05, 3.63) is 21.9 Å². The van der Waals surface area contributed by atoms with Crippen LogP contribution in [0.3, 0.4) is 0 Å². The Morgan fingerprint density at radius 2 is 2.31 bits per heavy atom. The van der Waals surface area contributed by atoms with Gasteiger partial charge in [-0.25, -0.2) is 0 Å². The number of thiophene rings is 1. The van der Waals surface area contributed by atoms with Gasteiger partial charge in [0, 0.05) is 16.2 Å². The van der Waals surface area contributed by atoms with Crippen molar-refractivity contribution in [1.82, 2.24) is 5.32 Å². The van der Waals surface area contributed by atoms with Gasteiger partial charge in [-0.2, -0.15) is 0 Å². The Hall–Kier alpha value is -0.870. The first-order valence-corrected chi connectivity index (χ1v) is 6.49. The van der Waals surface area contributed by atoms with Gasteiger partial charge < -0.3 is 11.1 Å². The second-order valence-corrected chi connectivity index (χ2v) is 5.38. The maximum Gasteiger partial charge on any atom is 0.220 e. The largest absolute Gasteiger partial charge is 0.351 e. The van der Waals surface area contributed by atoms with Gasteiger partial charge in [0.1, 0.15) is 0 Å². The summed E-state index contributed by atoms with van der Waals surface area (Å²) in [7, 11) is 0. The highest BCUT2D eigenvalue weighted by Crippen LogP contribution is 2.14. The minimum atomic E-state index is 0.100. The molecule has 1 atom stereocenters. The molecule has 0 radical (unpaired) electrons. The van der Waals surface area contributed by atoms with E-state index in [2.05, 4.69) is 31.3 Å². The molecule has 0 saturated heterocycles. The summed E-state index contributed by atoms with van der Waals surface area (Å²) < 4.78 is 0. The van der Waals surface area contributed by atoms with E-state index < -0.39 is 0 Å². The summed E-state index contributed by atoms with van der Waals surface area (Å²) in [6.07, 6.45) is 1.50. The van der Waals surface area contributed by atoms with Crippen LogP contribution in [0.15, 0.2) is 12.1 Å². The number of nitrogens with one attached hydrogen (secondary N) is 1. The molecule has 3 nitrogen and oxygen atoms in total. The molecule has 0 aliphatic heterocycles. The predicted octanol–water partition coefficient (Wildman–Crippen LogP) is 2.05. The van der Waals surface area contributed by atoms with Crippen LogP contribution < -0.4 is 11.1 Å². The topological polar surface area (TPSA) is 55.1 Å². The van der Waals surface area contributed by atoms with Gasteiger partial charge in [0.05, 0.1) is 6.54 Å². The van der Waals surface area contributed by atoms with Crippen LogP contribution in [0.25, 0.3) is 0 Å². The highest BCUT2D eigenvalue weighted by Gasteiger charge is 2.10. The maximum absolute atomic E-state index is 11.6. The van der Waals surface area contributed by atoms with E-state index in [-0.39, 0.29) is 5.91 Å². The first-order valence-electron chi connectivity index (χ1n) is 5.67. The third kappa shape index (κ3) is 4.33. The molecule has 4 heteroatoms. The van der Waals surface area contributed by atoms with Gasteiger partial charge in [-0.1, -0.05) is 13.3 Å². The highest BCUT2D eigenvalue weighted by atomic mass is 32.1. The average molecular weight is 240 g/mol. The molecule has 0 aromatic carbocycles. The third-order valence-electron chi connectivity index (χ3n) is 2.64. The molecule has 0 aliphatic carbocycles. The Balaban J connectivity index is 2.30. The van der Waals surface area contributed by atoms with Gasteiger partial charge in [-0.15, -0.1) is 11.3 Å². The summed E-state index contributed by atoms with van der Waals surface area (Å²) >= 11 is 1.72. The number of carbonyl (C=O) groups is 1. The molecule has 0 spiro atoms. The molecule has 1 rings (SSSR count). The molecular formula is C12H20N2OS. The summed E-state index contributed by atoms with van der Waals surface area (Å²) in [5, 5.41) is 2.93. The smallest absolute Gasteiger partial charge is 0.220 e. The second-order valence-electron chi connectivity index (χ2n) is 4.00. The molecule has 90 valence electrons. The standard InChI is InChI=1S/C12H20N2OS/c1-3-10(7-13)6-12(15)14-8-11-5-4-9(2)16-11/h4-5,10H,3,6-8,13H2,1-2H3,(H,14,15). The van der Waals surface area contributed by atoms with Crippen molar-refractivity contribution >= 4 is 17.2 Å². The Labute approximate surface area is 101 Å². The molecule has 1 amide bonds. The monoisotopic (exact) mass is 240 g/mol. The summed E-state index contributed by atoms with van der Waals surface area (Å²) in [5.74, 6) is 0.411. The number of hydrogen-bond acceptors (Lipinski definition) is 3. The van der Waals surface area contributed by atoms with Crippen molar-refractivity contribution in [3.63, 3.8) is 0 Å². The SMILES string of the molecule is CCC(CN)CC(=O)NCc1ccc(C)s1. The van der Waals surface area contributed by atoms with E-state index >= 15 is 0 Å². The lowest BCUT2D eigenvalue weighted by molar-refractivity contribution is -0.122. The van der Waals surface area contributed by atoms with Crippen LogP contribution in [-0.2, 0) is 11.3 Å². The molecule has 1 aromatic rings. The highest BCUT2D eigenvalue weighted by molar-refractivity contribution is 7.11. The van der Waals surface area contributed by atoms with Crippen molar-refractivity contribution < 1.29 is 4.79 Å². The summed E-state index contributed by atoms with van der Waals surface area (Å²) in [4.78, 5) is 14.1. The van der Waals surface area contributed by atoms with Crippen LogP contribution in [0.5, 0.6) is 0 Å². The molecule has 1 unspecified atom stereocenters. The van der Waals surface area contributed by atoms with E-state index in [0.717, 1.165) is 6.42 Å². The normalized spacial score (nSPS) is 12.4. The fourth-order valence-corrected chi connectivity index (χ4v) is 2.32. The van der Waals surface area contributed by atoms with Crippen LogP contribution in [0.1, 0.15) is 29.5 Å². The lowest BCUT2D eigenvalue weighted by Gasteiger charge is -2.11. The third-order valence-corrected chi connectivity index (χ3v) is 3.64. The number of amides is 1. The number of aryl methyl sites for hydroxylation is 1. The van der Waals surface area contributed by atoms with E-state index in [1.54, 1.807) is 11.3 Å². The molecule has 16 heavy (non-hydrogen) atoms. The van der Waals surface area contributed by atoms with Crippen molar-refractivity contribution in [3.8, 4) is 0 Å². The van der Waals surface area contributed by atoms with E-state index in [1.807, 2.05) is 0 Å². The molecule has 3 N–H and O–H groups in total. The van der Waals surface area contributed by atoms with Crippen molar-refractivity contribution in [1.29, 1.82) is 0 Å². The Kier molecular flexibility index (Phi) is 5.49. The molecule has 1 aromatic heterocycles. The fourth-order valence-electron chi connectivity index (χ4n) is 1.49. The molecule has 0 bridgehead atoms. The van der Waals surface area contributed by atoms with Gasteiger partial charge in [0.15, 0.2) is 0 Å². The Morgan fingerprint density at radius 1 is 1.56 bits per heavy atom. The number of hydrogen-bond donors (Lipinski definition) is 2. The van der Waals surface area contributed by atoms with Crippen LogP contribution in [-0.4, -0.2) is 12.5 Å². The molecule has 0 aliphatic rings. The van der Waals surface area contributed by atoms with Crippen molar-refractivity contribution in [2.45, 2.75) is 33.2 Å². The molecular weight excluding hydrogens is 220 g/mol. The summed E-state index contributed by atoms with van der Waals surface area (Å²) in [6.45, 7) is 5.35. The molecule has 1 heterocycles. The lowest BCUT2D eigenvalue weighted by atomic mass is 10.0.